The molecule has 0 saturated carbocycles. The predicted octanol–water partition coefficient (Wildman–Crippen LogP) is 3.08. The van der Waals surface area contributed by atoms with Crippen molar-refractivity contribution in [1.29, 1.82) is 0 Å². The molecule has 3 rings (SSSR count). The molecule has 2 unspecified atom stereocenters. The Labute approximate surface area is 115 Å². The van der Waals surface area contributed by atoms with Crippen molar-refractivity contribution in [3.63, 3.8) is 0 Å². The van der Waals surface area contributed by atoms with Gasteiger partial charge in [0.15, 0.2) is 11.5 Å². The SMILES string of the molecule is CNC1CC(C)CCc2cc3c(cc21)OCCCO3. The van der Waals surface area contributed by atoms with E-state index in [1.165, 1.54) is 24.0 Å². The largest absolute Gasteiger partial charge is 0.490 e. The zero-order valence-corrected chi connectivity index (χ0v) is 11.9. The molecule has 0 fully saturated rings. The lowest BCUT2D eigenvalue weighted by molar-refractivity contribution is 0.296. The van der Waals surface area contributed by atoms with Crippen molar-refractivity contribution in [1.82, 2.24) is 5.32 Å². The van der Waals surface area contributed by atoms with Crippen LogP contribution in [0.4, 0.5) is 0 Å². The summed E-state index contributed by atoms with van der Waals surface area (Å²) in [5, 5.41) is 3.46. The third kappa shape index (κ3) is 2.57. The van der Waals surface area contributed by atoms with Crippen molar-refractivity contribution < 1.29 is 9.47 Å². The van der Waals surface area contributed by atoms with Gasteiger partial charge < -0.3 is 14.8 Å². The molecule has 1 aromatic carbocycles. The Morgan fingerprint density at radius 2 is 1.89 bits per heavy atom. The standard InChI is InChI=1S/C16H23NO2/c1-11-4-5-12-9-15-16(19-7-3-6-18-15)10-13(12)14(8-11)17-2/h9-11,14,17H,3-8H2,1-2H3. The van der Waals surface area contributed by atoms with Crippen LogP contribution in [0.25, 0.3) is 0 Å². The Balaban J connectivity index is 2.01. The van der Waals surface area contributed by atoms with Crippen molar-refractivity contribution in [2.45, 2.75) is 38.6 Å². The molecule has 3 nitrogen and oxygen atoms in total. The molecule has 3 heteroatoms. The second-order valence-electron chi connectivity index (χ2n) is 5.77. The maximum Gasteiger partial charge on any atom is 0.161 e. The van der Waals surface area contributed by atoms with Gasteiger partial charge >= 0.3 is 0 Å². The van der Waals surface area contributed by atoms with E-state index in [2.05, 4.69) is 31.4 Å². The van der Waals surface area contributed by atoms with Crippen molar-refractivity contribution in [2.24, 2.45) is 5.92 Å². The van der Waals surface area contributed by atoms with E-state index in [9.17, 15) is 0 Å². The first-order valence-corrected chi connectivity index (χ1v) is 7.37. The van der Waals surface area contributed by atoms with Crippen LogP contribution in [-0.2, 0) is 6.42 Å². The Bertz CT molecular complexity index is 458. The molecule has 1 heterocycles. The van der Waals surface area contributed by atoms with Crippen molar-refractivity contribution in [2.75, 3.05) is 20.3 Å². The van der Waals surface area contributed by atoms with E-state index in [4.69, 9.17) is 9.47 Å². The highest BCUT2D eigenvalue weighted by atomic mass is 16.5. The molecule has 1 aliphatic carbocycles. The van der Waals surface area contributed by atoms with Crippen LogP contribution in [0.3, 0.4) is 0 Å². The number of benzene rings is 1. The van der Waals surface area contributed by atoms with Gasteiger partial charge in [-0.05, 0) is 55.5 Å². The van der Waals surface area contributed by atoms with Gasteiger partial charge in [0.05, 0.1) is 13.2 Å². The summed E-state index contributed by atoms with van der Waals surface area (Å²) in [5.41, 5.74) is 2.82. The minimum Gasteiger partial charge on any atom is -0.490 e. The average Bonchev–Trinajstić information content (AvgIpc) is 2.73. The first-order valence-electron chi connectivity index (χ1n) is 7.37. The molecule has 0 amide bonds. The van der Waals surface area contributed by atoms with E-state index in [0.29, 0.717) is 6.04 Å². The minimum atomic E-state index is 0.435. The van der Waals surface area contributed by atoms with Crippen LogP contribution in [0.1, 0.15) is 43.4 Å². The first-order chi connectivity index (χ1) is 9.28. The average molecular weight is 261 g/mol. The normalized spacial score (nSPS) is 26.2. The second-order valence-corrected chi connectivity index (χ2v) is 5.77. The van der Waals surface area contributed by atoms with Crippen LogP contribution in [0.5, 0.6) is 11.5 Å². The van der Waals surface area contributed by atoms with Crippen LogP contribution in [-0.4, -0.2) is 20.3 Å². The minimum absolute atomic E-state index is 0.435. The fourth-order valence-electron chi connectivity index (χ4n) is 3.13. The molecule has 2 atom stereocenters. The van der Waals surface area contributed by atoms with E-state index in [1.54, 1.807) is 0 Å². The lowest BCUT2D eigenvalue weighted by Crippen LogP contribution is -2.18. The third-order valence-electron chi connectivity index (χ3n) is 4.28. The summed E-state index contributed by atoms with van der Waals surface area (Å²) in [4.78, 5) is 0. The summed E-state index contributed by atoms with van der Waals surface area (Å²) in [6, 6.07) is 4.85. The molecule has 0 saturated heterocycles. The van der Waals surface area contributed by atoms with Gasteiger partial charge in [0.2, 0.25) is 0 Å². The number of hydrogen-bond donors (Lipinski definition) is 1. The molecule has 0 bridgehead atoms. The Hall–Kier alpha value is -1.22. The maximum atomic E-state index is 5.82. The number of ether oxygens (including phenoxy) is 2. The van der Waals surface area contributed by atoms with Crippen LogP contribution in [0, 0.1) is 5.92 Å². The zero-order chi connectivity index (χ0) is 13.2. The molecule has 19 heavy (non-hydrogen) atoms. The number of aryl methyl sites for hydroxylation is 1. The second kappa shape index (κ2) is 5.41. The zero-order valence-electron chi connectivity index (χ0n) is 11.9. The molecule has 0 spiro atoms. The Morgan fingerprint density at radius 1 is 1.16 bits per heavy atom. The summed E-state index contributed by atoms with van der Waals surface area (Å²) in [7, 11) is 2.05. The molecule has 1 aliphatic heterocycles. The van der Waals surface area contributed by atoms with E-state index in [0.717, 1.165) is 43.5 Å². The van der Waals surface area contributed by atoms with E-state index < -0.39 is 0 Å². The maximum absolute atomic E-state index is 5.82. The van der Waals surface area contributed by atoms with E-state index >= 15 is 0 Å². The highest BCUT2D eigenvalue weighted by Crippen LogP contribution is 2.39. The highest BCUT2D eigenvalue weighted by Gasteiger charge is 2.24. The predicted molar refractivity (Wildman–Crippen MR) is 76.0 cm³/mol. The molecule has 1 aromatic rings. The van der Waals surface area contributed by atoms with Crippen LogP contribution >= 0.6 is 0 Å². The Morgan fingerprint density at radius 3 is 2.63 bits per heavy atom. The smallest absolute Gasteiger partial charge is 0.161 e. The van der Waals surface area contributed by atoms with Gasteiger partial charge in [-0.3, -0.25) is 0 Å². The van der Waals surface area contributed by atoms with Crippen LogP contribution < -0.4 is 14.8 Å². The molecular formula is C16H23NO2. The lowest BCUT2D eigenvalue weighted by Gasteiger charge is -2.20. The monoisotopic (exact) mass is 261 g/mol. The van der Waals surface area contributed by atoms with Gasteiger partial charge in [0, 0.05) is 12.5 Å². The van der Waals surface area contributed by atoms with Gasteiger partial charge in [0.1, 0.15) is 0 Å². The lowest BCUT2D eigenvalue weighted by atomic mass is 9.96. The first kappa shape index (κ1) is 12.8. The summed E-state index contributed by atoms with van der Waals surface area (Å²) in [6.45, 7) is 3.86. The molecule has 0 radical (unpaired) electrons. The quantitative estimate of drug-likeness (QED) is 0.788. The van der Waals surface area contributed by atoms with Crippen LogP contribution in [0.15, 0.2) is 12.1 Å². The fourth-order valence-corrected chi connectivity index (χ4v) is 3.13. The summed E-state index contributed by atoms with van der Waals surface area (Å²) < 4.78 is 11.6. The summed E-state index contributed by atoms with van der Waals surface area (Å²) in [5.74, 6) is 2.61. The molecule has 104 valence electrons. The molecule has 0 aromatic heterocycles. The number of rotatable bonds is 1. The van der Waals surface area contributed by atoms with Crippen LogP contribution in [0.2, 0.25) is 0 Å². The van der Waals surface area contributed by atoms with Crippen molar-refractivity contribution in [3.05, 3.63) is 23.3 Å². The topological polar surface area (TPSA) is 30.5 Å². The Kier molecular flexibility index (Phi) is 3.65. The van der Waals surface area contributed by atoms with Crippen molar-refractivity contribution in [3.8, 4) is 11.5 Å². The molecule has 2 aliphatic rings. The fraction of sp³-hybridized carbons (Fsp3) is 0.625. The van der Waals surface area contributed by atoms with Gasteiger partial charge in [-0.15, -0.1) is 0 Å². The molecule has 1 N–H and O–H groups in total. The summed E-state index contributed by atoms with van der Waals surface area (Å²) >= 11 is 0. The van der Waals surface area contributed by atoms with Gasteiger partial charge in [-0.1, -0.05) is 6.92 Å². The van der Waals surface area contributed by atoms with Gasteiger partial charge in [-0.25, -0.2) is 0 Å². The van der Waals surface area contributed by atoms with Gasteiger partial charge in [0.25, 0.3) is 0 Å². The number of fused-ring (bicyclic) bond motifs is 2. The van der Waals surface area contributed by atoms with Gasteiger partial charge in [-0.2, -0.15) is 0 Å². The number of hydrogen-bond acceptors (Lipinski definition) is 3. The number of nitrogens with one attached hydrogen (secondary N) is 1. The van der Waals surface area contributed by atoms with E-state index in [1.807, 2.05) is 0 Å². The highest BCUT2D eigenvalue weighted by molar-refractivity contribution is 5.49. The van der Waals surface area contributed by atoms with E-state index in [-0.39, 0.29) is 0 Å². The molecular weight excluding hydrogens is 238 g/mol. The van der Waals surface area contributed by atoms with Crippen molar-refractivity contribution >= 4 is 0 Å². The summed E-state index contributed by atoms with van der Waals surface area (Å²) in [6.07, 6.45) is 4.56. The third-order valence-corrected chi connectivity index (χ3v) is 4.28.